The lowest BCUT2D eigenvalue weighted by Crippen LogP contribution is -2.39. The molecule has 0 atom stereocenters. The molecular weight excluding hydrogens is 228 g/mol. The van der Waals surface area contributed by atoms with Gasteiger partial charge in [-0.05, 0) is 24.2 Å². The Kier molecular flexibility index (Phi) is 9.02. The van der Waals surface area contributed by atoms with Gasteiger partial charge in [0.15, 0.2) is 0 Å². The van der Waals surface area contributed by atoms with Crippen molar-refractivity contribution in [1.29, 1.82) is 0 Å². The molecule has 0 aromatic rings. The van der Waals surface area contributed by atoms with Gasteiger partial charge in [0.05, 0.1) is 6.54 Å². The van der Waals surface area contributed by atoms with Crippen LogP contribution in [-0.4, -0.2) is 39.3 Å². The van der Waals surface area contributed by atoms with Crippen LogP contribution in [0.15, 0.2) is 0 Å². The molecule has 0 spiro atoms. The molecule has 18 heavy (non-hydrogen) atoms. The SMILES string of the molecule is COCCC(C)(C)CNCC(=O)NCCC(C)C. The number of hydrogen-bond acceptors (Lipinski definition) is 3. The molecule has 0 radical (unpaired) electrons. The molecule has 1 amide bonds. The van der Waals surface area contributed by atoms with Crippen LogP contribution < -0.4 is 10.6 Å². The molecule has 0 unspecified atom stereocenters. The summed E-state index contributed by atoms with van der Waals surface area (Å²) in [4.78, 5) is 11.5. The quantitative estimate of drug-likeness (QED) is 0.628. The Labute approximate surface area is 112 Å². The van der Waals surface area contributed by atoms with Crippen molar-refractivity contribution in [2.75, 3.05) is 33.4 Å². The Morgan fingerprint density at radius 1 is 1.33 bits per heavy atom. The van der Waals surface area contributed by atoms with Crippen LogP contribution in [0.25, 0.3) is 0 Å². The van der Waals surface area contributed by atoms with Gasteiger partial charge in [0.25, 0.3) is 0 Å². The van der Waals surface area contributed by atoms with Gasteiger partial charge in [-0.3, -0.25) is 4.79 Å². The van der Waals surface area contributed by atoms with Gasteiger partial charge >= 0.3 is 0 Å². The number of methoxy groups -OCH3 is 1. The Bertz CT molecular complexity index is 228. The minimum absolute atomic E-state index is 0.0817. The summed E-state index contributed by atoms with van der Waals surface area (Å²) in [7, 11) is 1.71. The first-order chi connectivity index (χ1) is 8.37. The third-order valence-electron chi connectivity index (χ3n) is 2.92. The predicted molar refractivity (Wildman–Crippen MR) is 75.6 cm³/mol. The lowest BCUT2D eigenvalue weighted by atomic mass is 9.90. The van der Waals surface area contributed by atoms with Gasteiger partial charge in [-0.1, -0.05) is 27.7 Å². The van der Waals surface area contributed by atoms with Crippen molar-refractivity contribution in [2.24, 2.45) is 11.3 Å². The summed E-state index contributed by atoms with van der Waals surface area (Å²) in [6, 6.07) is 0. The fraction of sp³-hybridized carbons (Fsp3) is 0.929. The molecule has 0 aliphatic heterocycles. The first-order valence-electron chi connectivity index (χ1n) is 6.84. The van der Waals surface area contributed by atoms with E-state index in [1.54, 1.807) is 7.11 Å². The Hall–Kier alpha value is -0.610. The summed E-state index contributed by atoms with van der Waals surface area (Å²) in [6.07, 6.45) is 2.02. The van der Waals surface area contributed by atoms with E-state index in [2.05, 4.69) is 38.3 Å². The summed E-state index contributed by atoms with van der Waals surface area (Å²) in [5, 5.41) is 6.12. The van der Waals surface area contributed by atoms with Crippen molar-refractivity contribution in [3.63, 3.8) is 0 Å². The van der Waals surface area contributed by atoms with Gasteiger partial charge in [-0.15, -0.1) is 0 Å². The molecule has 0 aliphatic rings. The third kappa shape index (κ3) is 10.5. The molecule has 0 aromatic heterocycles. The molecular formula is C14H30N2O2. The van der Waals surface area contributed by atoms with E-state index in [-0.39, 0.29) is 11.3 Å². The minimum atomic E-state index is 0.0817. The predicted octanol–water partition coefficient (Wildman–Crippen LogP) is 1.80. The van der Waals surface area contributed by atoms with Gasteiger partial charge in [0.2, 0.25) is 5.91 Å². The topological polar surface area (TPSA) is 50.4 Å². The van der Waals surface area contributed by atoms with Crippen molar-refractivity contribution in [3.05, 3.63) is 0 Å². The van der Waals surface area contributed by atoms with Crippen molar-refractivity contribution < 1.29 is 9.53 Å². The smallest absolute Gasteiger partial charge is 0.233 e. The molecule has 4 nitrogen and oxygen atoms in total. The number of amides is 1. The highest BCUT2D eigenvalue weighted by Gasteiger charge is 2.17. The molecule has 0 aromatic carbocycles. The molecule has 4 heteroatoms. The minimum Gasteiger partial charge on any atom is -0.385 e. The Balaban J connectivity index is 3.60. The maximum Gasteiger partial charge on any atom is 0.233 e. The molecule has 108 valence electrons. The Morgan fingerprint density at radius 2 is 2.00 bits per heavy atom. The summed E-state index contributed by atoms with van der Waals surface area (Å²) < 4.78 is 5.07. The van der Waals surface area contributed by atoms with Crippen LogP contribution in [0.2, 0.25) is 0 Å². The molecule has 0 saturated carbocycles. The maximum absolute atomic E-state index is 11.5. The van der Waals surface area contributed by atoms with E-state index < -0.39 is 0 Å². The number of hydrogen-bond donors (Lipinski definition) is 2. The van der Waals surface area contributed by atoms with Gasteiger partial charge < -0.3 is 15.4 Å². The zero-order valence-corrected chi connectivity index (χ0v) is 12.6. The summed E-state index contributed by atoms with van der Waals surface area (Å²) in [5.41, 5.74) is 0.161. The number of rotatable bonds is 10. The number of carbonyl (C=O) groups excluding carboxylic acids is 1. The summed E-state index contributed by atoms with van der Waals surface area (Å²) in [6.45, 7) is 11.4. The fourth-order valence-electron chi connectivity index (χ4n) is 1.54. The zero-order chi connectivity index (χ0) is 14.0. The van der Waals surface area contributed by atoms with E-state index in [1.165, 1.54) is 0 Å². The van der Waals surface area contributed by atoms with Crippen molar-refractivity contribution in [2.45, 2.75) is 40.5 Å². The molecule has 0 bridgehead atoms. The Morgan fingerprint density at radius 3 is 2.56 bits per heavy atom. The number of carbonyl (C=O) groups is 1. The molecule has 0 rings (SSSR count). The van der Waals surface area contributed by atoms with Crippen LogP contribution in [0.3, 0.4) is 0 Å². The van der Waals surface area contributed by atoms with E-state index in [9.17, 15) is 4.79 Å². The van der Waals surface area contributed by atoms with Crippen LogP contribution in [0.4, 0.5) is 0 Å². The van der Waals surface area contributed by atoms with Crippen molar-refractivity contribution in [1.82, 2.24) is 10.6 Å². The fourth-order valence-corrected chi connectivity index (χ4v) is 1.54. The van der Waals surface area contributed by atoms with Crippen LogP contribution >= 0.6 is 0 Å². The first kappa shape index (κ1) is 17.4. The van der Waals surface area contributed by atoms with E-state index in [0.29, 0.717) is 12.5 Å². The summed E-state index contributed by atoms with van der Waals surface area (Å²) in [5.74, 6) is 0.712. The second kappa shape index (κ2) is 9.34. The maximum atomic E-state index is 11.5. The summed E-state index contributed by atoms with van der Waals surface area (Å²) >= 11 is 0. The van der Waals surface area contributed by atoms with Gasteiger partial charge in [0, 0.05) is 26.8 Å². The zero-order valence-electron chi connectivity index (χ0n) is 12.6. The molecule has 2 N–H and O–H groups in total. The molecule has 0 fully saturated rings. The number of nitrogens with one attached hydrogen (secondary N) is 2. The molecule has 0 heterocycles. The average molecular weight is 258 g/mol. The lowest BCUT2D eigenvalue weighted by Gasteiger charge is -2.24. The van der Waals surface area contributed by atoms with E-state index in [0.717, 1.165) is 32.5 Å². The highest BCUT2D eigenvalue weighted by Crippen LogP contribution is 2.18. The molecule has 0 aliphatic carbocycles. The van der Waals surface area contributed by atoms with Gasteiger partial charge in [0.1, 0.15) is 0 Å². The third-order valence-corrected chi connectivity index (χ3v) is 2.92. The van der Waals surface area contributed by atoms with E-state index in [4.69, 9.17) is 4.74 Å². The molecule has 0 saturated heterocycles. The van der Waals surface area contributed by atoms with E-state index in [1.807, 2.05) is 0 Å². The second-order valence-electron chi connectivity index (χ2n) is 6.04. The standard InChI is InChI=1S/C14H30N2O2/c1-12(2)6-8-16-13(17)10-15-11-14(3,4)7-9-18-5/h12,15H,6-11H2,1-5H3,(H,16,17). The van der Waals surface area contributed by atoms with Crippen LogP contribution in [0.1, 0.15) is 40.5 Å². The van der Waals surface area contributed by atoms with Crippen molar-refractivity contribution >= 4 is 5.91 Å². The monoisotopic (exact) mass is 258 g/mol. The van der Waals surface area contributed by atoms with Crippen LogP contribution in [-0.2, 0) is 9.53 Å². The lowest BCUT2D eigenvalue weighted by molar-refractivity contribution is -0.120. The normalized spacial score (nSPS) is 11.9. The van der Waals surface area contributed by atoms with Gasteiger partial charge in [-0.25, -0.2) is 0 Å². The average Bonchev–Trinajstić information content (AvgIpc) is 2.25. The number of ether oxygens (including phenoxy) is 1. The second-order valence-corrected chi connectivity index (χ2v) is 6.04. The van der Waals surface area contributed by atoms with Crippen LogP contribution in [0, 0.1) is 11.3 Å². The van der Waals surface area contributed by atoms with Crippen molar-refractivity contribution in [3.8, 4) is 0 Å². The first-order valence-corrected chi connectivity index (χ1v) is 6.84. The highest BCUT2D eigenvalue weighted by molar-refractivity contribution is 5.77. The van der Waals surface area contributed by atoms with E-state index >= 15 is 0 Å². The van der Waals surface area contributed by atoms with Crippen LogP contribution in [0.5, 0.6) is 0 Å². The van der Waals surface area contributed by atoms with Gasteiger partial charge in [-0.2, -0.15) is 0 Å². The highest BCUT2D eigenvalue weighted by atomic mass is 16.5. The largest absolute Gasteiger partial charge is 0.385 e.